The zero-order valence-electron chi connectivity index (χ0n) is 19.4. The van der Waals surface area contributed by atoms with E-state index in [-0.39, 0.29) is 18.2 Å². The highest BCUT2D eigenvalue weighted by molar-refractivity contribution is 6.30. The van der Waals surface area contributed by atoms with Gasteiger partial charge in [-0.1, -0.05) is 23.7 Å². The summed E-state index contributed by atoms with van der Waals surface area (Å²) in [6.45, 7) is 5.34. The normalized spacial score (nSPS) is 14.8. The van der Waals surface area contributed by atoms with Crippen LogP contribution in [0.5, 0.6) is 0 Å². The van der Waals surface area contributed by atoms with Crippen LogP contribution in [0.15, 0.2) is 53.8 Å². The first-order chi connectivity index (χ1) is 17.6. The van der Waals surface area contributed by atoms with Gasteiger partial charge in [0, 0.05) is 50.1 Å². The van der Waals surface area contributed by atoms with E-state index in [0.29, 0.717) is 28.2 Å². The Hall–Kier alpha value is -4.03. The minimum atomic E-state index is -0.356. The van der Waals surface area contributed by atoms with E-state index in [9.17, 15) is 4.79 Å². The highest BCUT2D eigenvalue weighted by Gasteiger charge is 2.20. The Balaban J connectivity index is 1.20. The van der Waals surface area contributed by atoms with Crippen molar-refractivity contribution in [3.63, 3.8) is 0 Å². The molecule has 1 fully saturated rings. The molecule has 0 amide bonds. The number of nitrogen functional groups attached to an aromatic ring is 1. The third-order valence-electron chi connectivity index (χ3n) is 6.44. The third kappa shape index (κ3) is 4.14. The Bertz CT molecular complexity index is 1580. The van der Waals surface area contributed by atoms with Gasteiger partial charge in [-0.25, -0.2) is 23.5 Å². The van der Waals surface area contributed by atoms with E-state index in [4.69, 9.17) is 17.3 Å². The Morgan fingerprint density at radius 3 is 2.64 bits per heavy atom. The van der Waals surface area contributed by atoms with Gasteiger partial charge in [-0.15, -0.1) is 5.10 Å². The van der Waals surface area contributed by atoms with Crippen molar-refractivity contribution in [3.8, 4) is 0 Å². The quantitative estimate of drug-likeness (QED) is 0.361. The van der Waals surface area contributed by atoms with E-state index in [1.54, 1.807) is 36.9 Å². The Morgan fingerprint density at radius 2 is 1.86 bits per heavy atom. The average Bonchev–Trinajstić information content (AvgIpc) is 3.44. The molecule has 12 nitrogen and oxygen atoms in total. The summed E-state index contributed by atoms with van der Waals surface area (Å²) in [6, 6.07) is 7.33. The van der Waals surface area contributed by atoms with Crippen LogP contribution in [0, 0.1) is 0 Å². The maximum absolute atomic E-state index is 13.0. The van der Waals surface area contributed by atoms with Crippen LogP contribution in [-0.2, 0) is 13.1 Å². The van der Waals surface area contributed by atoms with Gasteiger partial charge in [0.05, 0.1) is 30.9 Å². The molecule has 184 valence electrons. The van der Waals surface area contributed by atoms with Crippen molar-refractivity contribution in [3.05, 3.63) is 70.1 Å². The molecular formula is C23H24ClN11O. The zero-order valence-corrected chi connectivity index (χ0v) is 20.2. The Morgan fingerprint density at radius 1 is 1.00 bits per heavy atom. The van der Waals surface area contributed by atoms with E-state index in [0.717, 1.165) is 44.1 Å². The molecule has 13 heteroatoms. The van der Waals surface area contributed by atoms with Gasteiger partial charge in [-0.2, -0.15) is 10.1 Å². The number of aromatic nitrogens is 8. The van der Waals surface area contributed by atoms with E-state index < -0.39 is 0 Å². The summed E-state index contributed by atoms with van der Waals surface area (Å²) >= 11 is 6.09. The Kier molecular flexibility index (Phi) is 5.74. The molecular weight excluding hydrogens is 482 g/mol. The van der Waals surface area contributed by atoms with Gasteiger partial charge >= 0.3 is 5.69 Å². The highest BCUT2D eigenvalue weighted by Crippen LogP contribution is 2.19. The van der Waals surface area contributed by atoms with Gasteiger partial charge in [-0.05, 0) is 17.7 Å². The van der Waals surface area contributed by atoms with Gasteiger partial charge in [-0.3, -0.25) is 9.88 Å². The number of nitrogens with zero attached hydrogens (tertiary/aromatic N) is 10. The summed E-state index contributed by atoms with van der Waals surface area (Å²) in [6.07, 6.45) is 6.89. The summed E-state index contributed by atoms with van der Waals surface area (Å²) in [7, 11) is 0. The maximum Gasteiger partial charge on any atom is 0.353 e. The molecule has 0 radical (unpaired) electrons. The van der Waals surface area contributed by atoms with Gasteiger partial charge in [0.15, 0.2) is 11.3 Å². The number of halogens is 1. The van der Waals surface area contributed by atoms with Crippen molar-refractivity contribution in [2.24, 2.45) is 0 Å². The predicted octanol–water partition coefficient (Wildman–Crippen LogP) is 1.14. The lowest BCUT2D eigenvalue weighted by Crippen LogP contribution is -2.47. The first-order valence-corrected chi connectivity index (χ1v) is 12.0. The monoisotopic (exact) mass is 505 g/mol. The topological polar surface area (TPSA) is 128 Å². The number of nitrogens with two attached hydrogens (primary N) is 1. The van der Waals surface area contributed by atoms with E-state index in [1.807, 2.05) is 16.8 Å². The summed E-state index contributed by atoms with van der Waals surface area (Å²) in [5, 5.41) is 10.4. The fourth-order valence-electron chi connectivity index (χ4n) is 4.57. The lowest BCUT2D eigenvalue weighted by atomic mass is 10.2. The number of rotatable bonds is 6. The van der Waals surface area contributed by atoms with Crippen LogP contribution in [0.1, 0.15) is 5.56 Å². The Labute approximate surface area is 210 Å². The molecule has 0 bridgehead atoms. The van der Waals surface area contributed by atoms with Crippen LogP contribution in [0.25, 0.3) is 16.7 Å². The van der Waals surface area contributed by atoms with Crippen LogP contribution in [0.4, 0.5) is 11.8 Å². The molecule has 0 aliphatic carbocycles. The predicted molar refractivity (Wildman–Crippen MR) is 136 cm³/mol. The average molecular weight is 506 g/mol. The first-order valence-electron chi connectivity index (χ1n) is 11.6. The highest BCUT2D eigenvalue weighted by atomic mass is 35.5. The number of fused-ring (bicyclic) bond motifs is 3. The van der Waals surface area contributed by atoms with Crippen molar-refractivity contribution in [1.29, 1.82) is 0 Å². The zero-order chi connectivity index (χ0) is 24.6. The maximum atomic E-state index is 13.0. The molecule has 0 atom stereocenters. The SMILES string of the molecule is Nc1nc2c(cnn2CCN2CCN(c3cnccn3)CC2)c2nn(Cc3cccc(Cl)c3)c(=O)n12. The lowest BCUT2D eigenvalue weighted by molar-refractivity contribution is 0.245. The lowest BCUT2D eigenvalue weighted by Gasteiger charge is -2.35. The number of piperazine rings is 1. The molecule has 36 heavy (non-hydrogen) atoms. The van der Waals surface area contributed by atoms with Gasteiger partial charge in [0.2, 0.25) is 5.95 Å². The van der Waals surface area contributed by atoms with E-state index >= 15 is 0 Å². The number of hydrogen-bond acceptors (Lipinski definition) is 9. The molecule has 1 saturated heterocycles. The summed E-state index contributed by atoms with van der Waals surface area (Å²) < 4.78 is 4.51. The van der Waals surface area contributed by atoms with Crippen LogP contribution in [0.3, 0.4) is 0 Å². The second-order valence-corrected chi connectivity index (χ2v) is 9.13. The van der Waals surface area contributed by atoms with Crippen molar-refractivity contribution in [2.75, 3.05) is 43.4 Å². The van der Waals surface area contributed by atoms with Crippen molar-refractivity contribution in [2.45, 2.75) is 13.1 Å². The molecule has 0 spiro atoms. The second-order valence-electron chi connectivity index (χ2n) is 8.70. The minimum Gasteiger partial charge on any atom is -0.369 e. The molecule has 0 saturated carbocycles. The fraction of sp³-hybridized carbons (Fsp3) is 0.304. The van der Waals surface area contributed by atoms with Crippen LogP contribution >= 0.6 is 11.6 Å². The second kappa shape index (κ2) is 9.21. The number of benzene rings is 1. The van der Waals surface area contributed by atoms with Crippen molar-refractivity contribution in [1.82, 2.24) is 43.8 Å². The largest absolute Gasteiger partial charge is 0.369 e. The van der Waals surface area contributed by atoms with Crippen LogP contribution in [-0.4, -0.2) is 76.5 Å². The van der Waals surface area contributed by atoms with E-state index in [1.165, 1.54) is 9.08 Å². The van der Waals surface area contributed by atoms with Crippen molar-refractivity contribution < 1.29 is 0 Å². The molecule has 5 aromatic rings. The molecule has 1 aliphatic heterocycles. The summed E-state index contributed by atoms with van der Waals surface area (Å²) in [5.41, 5.74) is 7.76. The fourth-order valence-corrected chi connectivity index (χ4v) is 4.78. The smallest absolute Gasteiger partial charge is 0.353 e. The summed E-state index contributed by atoms with van der Waals surface area (Å²) in [4.78, 5) is 30.7. The molecule has 5 heterocycles. The molecule has 2 N–H and O–H groups in total. The first kappa shape index (κ1) is 22.4. The van der Waals surface area contributed by atoms with Crippen molar-refractivity contribution >= 4 is 40.0 Å². The van der Waals surface area contributed by atoms with E-state index in [2.05, 4.69) is 34.9 Å². The number of hydrogen-bond donors (Lipinski definition) is 1. The van der Waals surface area contributed by atoms with Gasteiger partial charge in [0.1, 0.15) is 5.82 Å². The summed E-state index contributed by atoms with van der Waals surface area (Å²) in [5.74, 6) is 0.989. The van der Waals surface area contributed by atoms with Gasteiger partial charge < -0.3 is 10.6 Å². The van der Waals surface area contributed by atoms with Crippen LogP contribution in [0.2, 0.25) is 5.02 Å². The third-order valence-corrected chi connectivity index (χ3v) is 6.67. The molecule has 1 aliphatic rings. The van der Waals surface area contributed by atoms with Gasteiger partial charge in [0.25, 0.3) is 0 Å². The van der Waals surface area contributed by atoms with Crippen LogP contribution < -0.4 is 16.3 Å². The molecule has 6 rings (SSSR count). The molecule has 4 aromatic heterocycles. The molecule has 1 aromatic carbocycles. The number of anilines is 2. The molecule has 0 unspecified atom stereocenters. The standard InChI is InChI=1S/C23H24ClN11O/c24-17-3-1-2-16(12-17)15-34-23(36)35-21(30-34)18-13-28-33(20(18)29-22(35)25)11-8-31-6-9-32(10-7-31)19-14-26-4-5-27-19/h1-5,12-14H,6-11,15H2,(H2,25,29). The minimum absolute atomic E-state index is 0.0826.